The first kappa shape index (κ1) is 57.6. The van der Waals surface area contributed by atoms with E-state index in [1.165, 1.54) is 128 Å². The number of phenolic OH excluding ortho intramolecular Hbond substituents is 2. The summed E-state index contributed by atoms with van der Waals surface area (Å²) in [6.07, 6.45) is 31.6. The van der Waals surface area contributed by atoms with Gasteiger partial charge in [-0.2, -0.15) is 0 Å². The lowest BCUT2D eigenvalue weighted by molar-refractivity contribution is 0.0725. The van der Waals surface area contributed by atoms with Crippen molar-refractivity contribution >= 4 is 45.9 Å². The number of carbonyl (C=O) groups is 2. The van der Waals surface area contributed by atoms with E-state index in [2.05, 4.69) is 23.8 Å². The molecule has 0 aliphatic heterocycles. The summed E-state index contributed by atoms with van der Waals surface area (Å²) >= 11 is 0. The number of fused-ring (bicyclic) bond motifs is 2. The summed E-state index contributed by atoms with van der Waals surface area (Å²) in [5, 5.41) is 25.1. The van der Waals surface area contributed by atoms with Gasteiger partial charge >= 0.3 is 11.9 Å². The van der Waals surface area contributed by atoms with E-state index < -0.39 is 11.9 Å². The van der Waals surface area contributed by atoms with Crippen molar-refractivity contribution in [2.24, 2.45) is 9.98 Å². The smallest absolute Gasteiger partial charge is 0.343 e. The third kappa shape index (κ3) is 20.9. The van der Waals surface area contributed by atoms with Crippen molar-refractivity contribution in [3.05, 3.63) is 131 Å². The molecule has 0 radical (unpaired) electrons. The average molecular weight is 1020 g/mol. The van der Waals surface area contributed by atoms with Gasteiger partial charge in [0.15, 0.2) is 0 Å². The fraction of sp³-hybridized carbons (Fsp3) is 0.446. The highest BCUT2D eigenvalue weighted by Crippen LogP contribution is 2.28. The number of phenols is 2. The zero-order valence-electron chi connectivity index (χ0n) is 44.9. The van der Waals surface area contributed by atoms with E-state index in [9.17, 15) is 19.8 Å². The molecule has 0 unspecified atom stereocenters. The van der Waals surface area contributed by atoms with Crippen LogP contribution in [-0.4, -0.2) is 60.9 Å². The fourth-order valence-electron chi connectivity index (χ4n) is 9.07. The van der Waals surface area contributed by atoms with Gasteiger partial charge in [0.25, 0.3) is 0 Å². The standard InChI is InChI=1S/C65H82N2O8/c1-3-5-7-9-11-13-15-17-19-24-40-72-58-34-30-50-42-54(28-26-52(50)44-58)64(70)74-60-36-32-56(62(68)46-60)48-66-38-22-21-23-39-67-49-57-33-37-61(47-63(57)69)75-65(71)55-29-27-53-45-59(35-31-51(53)43-55)73-41-25-20-18-16-14-12-10-8-6-4-2/h26-37,42-49,68-69H,3-25,38-41H2,1-2H3. The Morgan fingerprint density at radius 2 is 0.720 bits per heavy atom. The molecule has 6 aromatic rings. The van der Waals surface area contributed by atoms with Gasteiger partial charge in [0.05, 0.1) is 24.3 Å². The molecule has 6 rings (SSSR count). The van der Waals surface area contributed by atoms with Crippen LogP contribution in [-0.2, 0) is 0 Å². The average Bonchev–Trinajstić information content (AvgIpc) is 3.41. The Bertz CT molecular complexity index is 2540. The van der Waals surface area contributed by atoms with Gasteiger partial charge in [-0.1, -0.05) is 154 Å². The van der Waals surface area contributed by atoms with Crippen molar-refractivity contribution in [2.75, 3.05) is 26.3 Å². The van der Waals surface area contributed by atoms with Crippen LogP contribution in [0.2, 0.25) is 0 Å². The molecule has 2 N–H and O–H groups in total. The lowest BCUT2D eigenvalue weighted by Gasteiger charge is -2.09. The fourth-order valence-corrected chi connectivity index (χ4v) is 9.07. The highest BCUT2D eigenvalue weighted by atomic mass is 16.5. The second-order valence-corrected chi connectivity index (χ2v) is 19.9. The van der Waals surface area contributed by atoms with Crippen LogP contribution in [0.1, 0.15) is 193 Å². The van der Waals surface area contributed by atoms with Crippen molar-refractivity contribution in [3.63, 3.8) is 0 Å². The quantitative estimate of drug-likeness (QED) is 0.0172. The lowest BCUT2D eigenvalue weighted by atomic mass is 10.1. The molecular weight excluding hydrogens is 937 g/mol. The molecule has 0 aliphatic rings. The van der Waals surface area contributed by atoms with Crippen LogP contribution in [0.4, 0.5) is 0 Å². The Kier molecular flexibility index (Phi) is 25.6. The lowest BCUT2D eigenvalue weighted by Crippen LogP contribution is -2.08. The first-order valence-electron chi connectivity index (χ1n) is 28.2. The van der Waals surface area contributed by atoms with E-state index in [0.29, 0.717) is 48.6 Å². The molecule has 6 aromatic carbocycles. The number of hydrogen-bond donors (Lipinski definition) is 2. The minimum absolute atomic E-state index is 0.0316. The van der Waals surface area contributed by atoms with Gasteiger partial charge in [-0.3, -0.25) is 9.98 Å². The van der Waals surface area contributed by atoms with Gasteiger partial charge in [0.1, 0.15) is 34.5 Å². The largest absolute Gasteiger partial charge is 0.507 e. The van der Waals surface area contributed by atoms with Crippen molar-refractivity contribution in [1.82, 2.24) is 0 Å². The van der Waals surface area contributed by atoms with Crippen molar-refractivity contribution in [1.29, 1.82) is 0 Å². The molecule has 0 spiro atoms. The van der Waals surface area contributed by atoms with Gasteiger partial charge in [-0.25, -0.2) is 9.59 Å². The van der Waals surface area contributed by atoms with Crippen LogP contribution < -0.4 is 18.9 Å². The molecule has 0 heterocycles. The summed E-state index contributed by atoms with van der Waals surface area (Å²) in [7, 11) is 0. The molecular formula is C65H82N2O8. The zero-order valence-corrected chi connectivity index (χ0v) is 44.9. The SMILES string of the molecule is CCCCCCCCCCCCOc1ccc2cc(C(=O)Oc3ccc(C=NCCCCCN=Cc4ccc(OC(=O)c5ccc6cc(OCCCCCCCCCCCC)ccc6c5)cc4O)c(O)c3)ccc2c1. The Morgan fingerprint density at radius 3 is 1.11 bits per heavy atom. The van der Waals surface area contributed by atoms with Crippen LogP contribution >= 0.6 is 0 Å². The minimum Gasteiger partial charge on any atom is -0.507 e. The van der Waals surface area contributed by atoms with E-state index in [1.54, 1.807) is 61.0 Å². The molecule has 0 bridgehead atoms. The summed E-state index contributed by atoms with van der Waals surface area (Å²) in [5.41, 5.74) is 1.88. The summed E-state index contributed by atoms with van der Waals surface area (Å²) in [6, 6.07) is 32.2. The third-order valence-corrected chi connectivity index (χ3v) is 13.6. The first-order chi connectivity index (χ1) is 36.8. The zero-order chi connectivity index (χ0) is 52.7. The highest BCUT2D eigenvalue weighted by molar-refractivity contribution is 5.98. The predicted molar refractivity (Wildman–Crippen MR) is 307 cm³/mol. The van der Waals surface area contributed by atoms with Crippen molar-refractivity contribution < 1.29 is 38.7 Å². The first-order valence-corrected chi connectivity index (χ1v) is 28.2. The van der Waals surface area contributed by atoms with E-state index in [0.717, 1.165) is 65.1 Å². The number of unbranched alkanes of at least 4 members (excludes halogenated alkanes) is 20. The van der Waals surface area contributed by atoms with Crippen molar-refractivity contribution in [2.45, 2.75) is 162 Å². The molecule has 0 amide bonds. The number of benzene rings is 6. The van der Waals surface area contributed by atoms with Gasteiger partial charge in [-0.05, 0) is 126 Å². The third-order valence-electron chi connectivity index (χ3n) is 13.6. The monoisotopic (exact) mass is 1020 g/mol. The number of aromatic hydroxyl groups is 2. The van der Waals surface area contributed by atoms with Crippen LogP contribution in [0.3, 0.4) is 0 Å². The van der Waals surface area contributed by atoms with Gasteiger partial charge in [0, 0.05) is 48.8 Å². The molecule has 10 heteroatoms. The second kappa shape index (κ2) is 33.3. The van der Waals surface area contributed by atoms with E-state index in [1.807, 2.05) is 48.5 Å². The molecule has 0 aromatic heterocycles. The topological polar surface area (TPSA) is 136 Å². The normalized spacial score (nSPS) is 11.5. The Hall–Kier alpha value is -6.68. The summed E-state index contributed by atoms with van der Waals surface area (Å²) in [5.74, 6) is 1.05. The molecule has 75 heavy (non-hydrogen) atoms. The molecule has 400 valence electrons. The van der Waals surface area contributed by atoms with Gasteiger partial charge in [0.2, 0.25) is 0 Å². The Morgan fingerprint density at radius 1 is 0.387 bits per heavy atom. The van der Waals surface area contributed by atoms with Crippen LogP contribution in [0.15, 0.2) is 119 Å². The molecule has 0 saturated carbocycles. The van der Waals surface area contributed by atoms with E-state index >= 15 is 0 Å². The van der Waals surface area contributed by atoms with Crippen LogP contribution in [0, 0.1) is 0 Å². The van der Waals surface area contributed by atoms with E-state index in [4.69, 9.17) is 18.9 Å². The number of carbonyl (C=O) groups excluding carboxylic acids is 2. The maximum atomic E-state index is 13.1. The van der Waals surface area contributed by atoms with Crippen molar-refractivity contribution in [3.8, 4) is 34.5 Å². The molecule has 0 fully saturated rings. The van der Waals surface area contributed by atoms with Gasteiger partial charge < -0.3 is 29.2 Å². The van der Waals surface area contributed by atoms with Gasteiger partial charge in [-0.15, -0.1) is 0 Å². The molecule has 10 nitrogen and oxygen atoms in total. The summed E-state index contributed by atoms with van der Waals surface area (Å²) in [4.78, 5) is 35.1. The number of rotatable bonds is 36. The molecule has 0 saturated heterocycles. The maximum absolute atomic E-state index is 13.1. The number of nitrogens with zero attached hydrogens (tertiary/aromatic N) is 2. The Labute approximate surface area is 446 Å². The number of aliphatic imine (C=N–C) groups is 2. The Balaban J connectivity index is 0.827. The maximum Gasteiger partial charge on any atom is 0.343 e. The van der Waals surface area contributed by atoms with Crippen LogP contribution in [0.25, 0.3) is 21.5 Å². The predicted octanol–water partition coefficient (Wildman–Crippen LogP) is 17.2. The number of hydrogen-bond acceptors (Lipinski definition) is 10. The second-order valence-electron chi connectivity index (χ2n) is 19.9. The number of ether oxygens (including phenoxy) is 4. The summed E-state index contributed by atoms with van der Waals surface area (Å²) < 4.78 is 23.3. The van der Waals surface area contributed by atoms with Crippen LogP contribution in [0.5, 0.6) is 34.5 Å². The van der Waals surface area contributed by atoms with E-state index in [-0.39, 0.29) is 23.0 Å². The molecule has 0 atom stereocenters. The minimum atomic E-state index is -0.511. The highest BCUT2D eigenvalue weighted by Gasteiger charge is 2.14. The molecule has 0 aliphatic carbocycles. The number of esters is 2. The summed E-state index contributed by atoms with van der Waals surface area (Å²) in [6.45, 7) is 7.06.